The lowest BCUT2D eigenvalue weighted by Gasteiger charge is -2.28. The second-order valence-corrected chi connectivity index (χ2v) is 7.22. The maximum Gasteiger partial charge on any atom is 0.303 e. The number of rotatable bonds is 9. The normalized spacial score (nSPS) is 24.7. The van der Waals surface area contributed by atoms with Crippen molar-refractivity contribution in [3.05, 3.63) is 66.3 Å². The first-order valence-corrected chi connectivity index (χ1v) is 9.86. The van der Waals surface area contributed by atoms with Gasteiger partial charge in [-0.1, -0.05) is 48.6 Å². The van der Waals surface area contributed by atoms with Gasteiger partial charge < -0.3 is 19.7 Å². The molecule has 1 aromatic rings. The van der Waals surface area contributed by atoms with Gasteiger partial charge in [-0.05, 0) is 31.4 Å². The molecule has 0 aromatic heterocycles. The summed E-state index contributed by atoms with van der Waals surface area (Å²) in [6.45, 7) is 0.378. The number of carboxylic acids is 1. The molecular weight excluding hydrogens is 372 g/mol. The molecule has 0 amide bonds. The molecule has 1 aliphatic heterocycles. The van der Waals surface area contributed by atoms with Gasteiger partial charge in [0.1, 0.15) is 11.9 Å². The molecule has 1 aromatic carbocycles. The molecule has 1 heterocycles. The third kappa shape index (κ3) is 5.89. The maximum atomic E-state index is 12.1. The van der Waals surface area contributed by atoms with Crippen molar-refractivity contribution >= 4 is 11.8 Å². The summed E-state index contributed by atoms with van der Waals surface area (Å²) in [6.07, 6.45) is 11.0. The van der Waals surface area contributed by atoms with Crippen molar-refractivity contribution < 1.29 is 29.3 Å². The van der Waals surface area contributed by atoms with Crippen LogP contribution in [-0.4, -0.2) is 34.4 Å². The lowest BCUT2D eigenvalue weighted by atomic mass is 9.90. The maximum absolute atomic E-state index is 12.1. The quantitative estimate of drug-likeness (QED) is 0.489. The SMILES string of the molecule is O=C(O)CCC/C=C\C[C@H]1C(=O)C=C[C@@H]1/C=C/[C@@H](O)C1OCc2ccccc2O1. The number of carbonyl (C=O) groups excluding carboxylic acids is 1. The van der Waals surface area contributed by atoms with E-state index in [9.17, 15) is 14.7 Å². The molecule has 154 valence electrons. The van der Waals surface area contributed by atoms with Gasteiger partial charge in [0.15, 0.2) is 5.78 Å². The van der Waals surface area contributed by atoms with Gasteiger partial charge in [-0.25, -0.2) is 0 Å². The molecule has 6 nitrogen and oxygen atoms in total. The van der Waals surface area contributed by atoms with Crippen LogP contribution in [0.4, 0.5) is 0 Å². The first-order valence-electron chi connectivity index (χ1n) is 9.86. The van der Waals surface area contributed by atoms with Crippen LogP contribution in [-0.2, 0) is 20.9 Å². The Hall–Kier alpha value is -2.70. The van der Waals surface area contributed by atoms with E-state index in [1.165, 1.54) is 0 Å². The van der Waals surface area contributed by atoms with E-state index in [4.69, 9.17) is 14.6 Å². The second kappa shape index (κ2) is 10.2. The van der Waals surface area contributed by atoms with Gasteiger partial charge in [-0.2, -0.15) is 0 Å². The van der Waals surface area contributed by atoms with E-state index < -0.39 is 18.4 Å². The predicted octanol–water partition coefficient (Wildman–Crippen LogP) is 3.41. The van der Waals surface area contributed by atoms with E-state index >= 15 is 0 Å². The summed E-state index contributed by atoms with van der Waals surface area (Å²) >= 11 is 0. The first kappa shape index (κ1) is 21.0. The number of aliphatic hydroxyl groups excluding tert-OH is 1. The third-order valence-electron chi connectivity index (χ3n) is 5.06. The Morgan fingerprint density at radius 3 is 2.93 bits per heavy atom. The Bertz CT molecular complexity index is 809. The molecule has 0 spiro atoms. The lowest BCUT2D eigenvalue weighted by molar-refractivity contribution is -0.152. The summed E-state index contributed by atoms with van der Waals surface area (Å²) in [4.78, 5) is 22.6. The van der Waals surface area contributed by atoms with E-state index in [0.717, 1.165) is 5.56 Å². The fourth-order valence-corrected chi connectivity index (χ4v) is 3.43. The second-order valence-electron chi connectivity index (χ2n) is 7.22. The minimum absolute atomic E-state index is 0.0587. The van der Waals surface area contributed by atoms with Crippen molar-refractivity contribution in [2.45, 2.75) is 44.7 Å². The molecule has 2 aliphatic rings. The van der Waals surface area contributed by atoms with Crippen LogP contribution < -0.4 is 4.74 Å². The van der Waals surface area contributed by atoms with Gasteiger partial charge in [0.2, 0.25) is 6.29 Å². The number of benzene rings is 1. The number of hydrogen-bond donors (Lipinski definition) is 2. The van der Waals surface area contributed by atoms with Gasteiger partial charge in [-0.15, -0.1) is 0 Å². The zero-order valence-electron chi connectivity index (χ0n) is 16.1. The Labute approximate surface area is 170 Å². The lowest BCUT2D eigenvalue weighted by Crippen LogP contribution is -2.36. The number of aliphatic hydroxyl groups is 1. The van der Waals surface area contributed by atoms with E-state index in [1.54, 1.807) is 12.2 Å². The summed E-state index contributed by atoms with van der Waals surface area (Å²) in [5, 5.41) is 19.1. The number of aliphatic carboxylic acids is 1. The topological polar surface area (TPSA) is 93.1 Å². The molecule has 29 heavy (non-hydrogen) atoms. The summed E-state index contributed by atoms with van der Waals surface area (Å²) in [5.41, 5.74) is 0.944. The molecule has 6 heteroatoms. The van der Waals surface area contributed by atoms with Gasteiger partial charge in [0.25, 0.3) is 0 Å². The molecule has 1 aliphatic carbocycles. The highest BCUT2D eigenvalue weighted by atomic mass is 16.7. The first-order chi connectivity index (χ1) is 14.0. The highest BCUT2D eigenvalue weighted by molar-refractivity contribution is 5.95. The van der Waals surface area contributed by atoms with Crippen molar-refractivity contribution in [3.63, 3.8) is 0 Å². The zero-order chi connectivity index (χ0) is 20.6. The van der Waals surface area contributed by atoms with Crippen LogP contribution >= 0.6 is 0 Å². The van der Waals surface area contributed by atoms with Crippen molar-refractivity contribution in [2.24, 2.45) is 11.8 Å². The van der Waals surface area contributed by atoms with Gasteiger partial charge in [-0.3, -0.25) is 9.59 Å². The van der Waals surface area contributed by atoms with Crippen molar-refractivity contribution in [1.82, 2.24) is 0 Å². The standard InChI is InChI=1S/C23H26O6/c24-19-13-11-16(18(19)8-3-1-2-4-10-22(26)27)12-14-20(25)23-28-15-17-7-5-6-9-21(17)29-23/h1,3,5-7,9,11-14,16,18,20,23,25H,2,4,8,10,15H2,(H,26,27)/b3-1-,14-12+/t16-,18-,20-,23?/m1/s1. The summed E-state index contributed by atoms with van der Waals surface area (Å²) in [6, 6.07) is 7.55. The minimum atomic E-state index is -0.945. The Balaban J connectivity index is 1.50. The van der Waals surface area contributed by atoms with E-state index in [2.05, 4.69) is 0 Å². The van der Waals surface area contributed by atoms with Gasteiger partial charge >= 0.3 is 5.97 Å². The number of para-hydroxylation sites is 1. The Morgan fingerprint density at radius 1 is 1.28 bits per heavy atom. The summed E-state index contributed by atoms with van der Waals surface area (Å²) in [7, 11) is 0. The highest BCUT2D eigenvalue weighted by Crippen LogP contribution is 2.29. The minimum Gasteiger partial charge on any atom is -0.481 e. The molecule has 1 unspecified atom stereocenters. The molecule has 0 radical (unpaired) electrons. The van der Waals surface area contributed by atoms with E-state index in [-0.39, 0.29) is 24.0 Å². The van der Waals surface area contributed by atoms with E-state index in [0.29, 0.717) is 31.6 Å². The average molecular weight is 398 g/mol. The van der Waals surface area contributed by atoms with Crippen LogP contribution in [0, 0.1) is 11.8 Å². The number of unbranched alkanes of at least 4 members (excludes halogenated alkanes) is 1. The molecule has 0 saturated carbocycles. The Kier molecular flexibility index (Phi) is 7.38. The third-order valence-corrected chi connectivity index (χ3v) is 5.06. The smallest absolute Gasteiger partial charge is 0.303 e. The average Bonchev–Trinajstić information content (AvgIpc) is 3.07. The van der Waals surface area contributed by atoms with Crippen LogP contribution in [0.1, 0.15) is 31.2 Å². The van der Waals surface area contributed by atoms with Crippen molar-refractivity contribution in [3.8, 4) is 5.75 Å². The number of hydrogen-bond acceptors (Lipinski definition) is 5. The molecule has 0 saturated heterocycles. The molecule has 3 rings (SSSR count). The van der Waals surface area contributed by atoms with Crippen LogP contribution in [0.15, 0.2) is 60.7 Å². The number of ketones is 1. The fourth-order valence-electron chi connectivity index (χ4n) is 3.43. The largest absolute Gasteiger partial charge is 0.481 e. The fraction of sp³-hybridized carbons (Fsp3) is 0.391. The van der Waals surface area contributed by atoms with Crippen molar-refractivity contribution in [1.29, 1.82) is 0 Å². The van der Waals surface area contributed by atoms with Crippen molar-refractivity contribution in [2.75, 3.05) is 0 Å². The molecule has 0 fully saturated rings. The number of allylic oxidation sites excluding steroid dienone is 5. The van der Waals surface area contributed by atoms with Crippen LogP contribution in [0.25, 0.3) is 0 Å². The monoisotopic (exact) mass is 398 g/mol. The van der Waals surface area contributed by atoms with Crippen LogP contribution in [0.5, 0.6) is 5.75 Å². The molecular formula is C23H26O6. The van der Waals surface area contributed by atoms with Crippen LogP contribution in [0.2, 0.25) is 0 Å². The predicted molar refractivity (Wildman–Crippen MR) is 107 cm³/mol. The van der Waals surface area contributed by atoms with Crippen LogP contribution in [0.3, 0.4) is 0 Å². The summed E-state index contributed by atoms with van der Waals surface area (Å²) in [5.74, 6) is -0.340. The highest BCUT2D eigenvalue weighted by Gasteiger charge is 2.29. The number of fused-ring (bicyclic) bond motifs is 1. The number of ether oxygens (including phenoxy) is 2. The van der Waals surface area contributed by atoms with E-state index in [1.807, 2.05) is 48.6 Å². The van der Waals surface area contributed by atoms with Gasteiger partial charge in [0, 0.05) is 23.8 Å². The summed E-state index contributed by atoms with van der Waals surface area (Å²) < 4.78 is 11.3. The number of carbonyl (C=O) groups is 2. The molecule has 0 bridgehead atoms. The molecule has 2 N–H and O–H groups in total. The molecule has 4 atom stereocenters. The number of carboxylic acid groups (broad SMARTS) is 1. The Morgan fingerprint density at radius 2 is 2.10 bits per heavy atom. The zero-order valence-corrected chi connectivity index (χ0v) is 16.1. The van der Waals surface area contributed by atoms with Gasteiger partial charge in [0.05, 0.1) is 6.61 Å².